The monoisotopic (exact) mass is 244 g/mol. The molecule has 0 atom stereocenters. The maximum atomic E-state index is 11.6. The molecule has 0 spiro atoms. The van der Waals surface area contributed by atoms with Gasteiger partial charge in [-0.1, -0.05) is 6.92 Å². The van der Waals surface area contributed by atoms with E-state index in [1.54, 1.807) is 12.4 Å². The number of nitrogens with zero attached hydrogens (tertiary/aromatic N) is 2. The highest BCUT2D eigenvalue weighted by Gasteiger charge is 2.03. The smallest absolute Gasteiger partial charge is 0.251 e. The average molecular weight is 244 g/mol. The van der Waals surface area contributed by atoms with Crippen molar-refractivity contribution >= 4 is 0 Å². The van der Waals surface area contributed by atoms with E-state index in [0.717, 1.165) is 24.2 Å². The minimum Gasteiger partial charge on any atom is -0.311 e. The number of hydrogen-bond acceptors (Lipinski definition) is 4. The fourth-order valence-corrected chi connectivity index (χ4v) is 1.64. The second-order valence-corrected chi connectivity index (χ2v) is 4.00. The maximum Gasteiger partial charge on any atom is 0.251 e. The molecule has 2 aromatic heterocycles. The van der Waals surface area contributed by atoms with E-state index >= 15 is 0 Å². The minimum atomic E-state index is -0.134. The van der Waals surface area contributed by atoms with Gasteiger partial charge in [0.1, 0.15) is 5.82 Å². The van der Waals surface area contributed by atoms with Gasteiger partial charge in [-0.15, -0.1) is 0 Å². The molecule has 2 aromatic rings. The Bertz CT molecular complexity index is 550. The molecule has 0 saturated heterocycles. The molecule has 0 fully saturated rings. The molecule has 5 heteroatoms. The summed E-state index contributed by atoms with van der Waals surface area (Å²) in [5, 5.41) is 3.23. The summed E-state index contributed by atoms with van der Waals surface area (Å²) in [4.78, 5) is 22.7. The Hall–Kier alpha value is -2.01. The Labute approximate surface area is 105 Å². The lowest BCUT2D eigenvalue weighted by Gasteiger charge is -2.05. The number of nitrogens with one attached hydrogen (secondary N) is 2. The van der Waals surface area contributed by atoms with E-state index in [9.17, 15) is 4.79 Å². The van der Waals surface area contributed by atoms with Crippen LogP contribution in [0.15, 0.2) is 35.4 Å². The highest BCUT2D eigenvalue weighted by molar-refractivity contribution is 5.53. The van der Waals surface area contributed by atoms with Gasteiger partial charge in [0.2, 0.25) is 0 Å². The van der Waals surface area contributed by atoms with Crippen molar-refractivity contribution in [3.8, 4) is 11.4 Å². The zero-order valence-corrected chi connectivity index (χ0v) is 10.3. The first-order valence-corrected chi connectivity index (χ1v) is 6.01. The number of aromatic nitrogens is 3. The van der Waals surface area contributed by atoms with E-state index < -0.39 is 0 Å². The van der Waals surface area contributed by atoms with E-state index in [-0.39, 0.29) is 5.56 Å². The number of pyridine rings is 1. The van der Waals surface area contributed by atoms with Gasteiger partial charge in [0.05, 0.1) is 5.69 Å². The van der Waals surface area contributed by atoms with Crippen LogP contribution in [0.25, 0.3) is 11.4 Å². The second-order valence-electron chi connectivity index (χ2n) is 4.00. The van der Waals surface area contributed by atoms with E-state index in [1.807, 2.05) is 12.1 Å². The fourth-order valence-electron chi connectivity index (χ4n) is 1.64. The third kappa shape index (κ3) is 3.24. The van der Waals surface area contributed by atoms with E-state index in [0.29, 0.717) is 12.4 Å². The molecule has 0 aliphatic heterocycles. The first kappa shape index (κ1) is 12.4. The standard InChI is InChI=1S/C13H16N4O/c1-2-5-15-9-11-8-12(18)17-13(16-11)10-3-6-14-7-4-10/h3-4,6-8,15H,2,5,9H2,1H3,(H,16,17,18). The Morgan fingerprint density at radius 1 is 1.33 bits per heavy atom. The van der Waals surface area contributed by atoms with Crippen LogP contribution in [0.5, 0.6) is 0 Å². The van der Waals surface area contributed by atoms with Crippen molar-refractivity contribution in [3.63, 3.8) is 0 Å². The predicted octanol–water partition coefficient (Wildman–Crippen LogP) is 1.33. The van der Waals surface area contributed by atoms with Crippen molar-refractivity contribution in [2.75, 3.05) is 6.54 Å². The Morgan fingerprint density at radius 3 is 2.83 bits per heavy atom. The second kappa shape index (κ2) is 6.07. The molecular weight excluding hydrogens is 228 g/mol. The quantitative estimate of drug-likeness (QED) is 0.778. The molecular formula is C13H16N4O. The van der Waals surface area contributed by atoms with Crippen LogP contribution in [-0.4, -0.2) is 21.5 Å². The lowest BCUT2D eigenvalue weighted by atomic mass is 10.2. The minimum absolute atomic E-state index is 0.134. The summed E-state index contributed by atoms with van der Waals surface area (Å²) in [7, 11) is 0. The molecule has 2 N–H and O–H groups in total. The van der Waals surface area contributed by atoms with Crippen molar-refractivity contribution < 1.29 is 0 Å². The Balaban J connectivity index is 2.24. The van der Waals surface area contributed by atoms with Crippen molar-refractivity contribution in [1.82, 2.24) is 20.3 Å². The molecule has 0 aliphatic carbocycles. The predicted molar refractivity (Wildman–Crippen MR) is 70.1 cm³/mol. The third-order valence-corrected chi connectivity index (χ3v) is 2.48. The molecule has 0 bridgehead atoms. The zero-order valence-electron chi connectivity index (χ0n) is 10.3. The zero-order chi connectivity index (χ0) is 12.8. The maximum absolute atomic E-state index is 11.6. The van der Waals surface area contributed by atoms with Crippen molar-refractivity contribution in [3.05, 3.63) is 46.6 Å². The highest BCUT2D eigenvalue weighted by Crippen LogP contribution is 2.11. The van der Waals surface area contributed by atoms with Crippen LogP contribution in [-0.2, 0) is 6.54 Å². The highest BCUT2D eigenvalue weighted by atomic mass is 16.1. The van der Waals surface area contributed by atoms with Gasteiger partial charge < -0.3 is 10.3 Å². The Kier molecular flexibility index (Phi) is 4.20. The van der Waals surface area contributed by atoms with Crippen molar-refractivity contribution in [2.24, 2.45) is 0 Å². The van der Waals surface area contributed by atoms with Gasteiger partial charge in [-0.2, -0.15) is 0 Å². The summed E-state index contributed by atoms with van der Waals surface area (Å²) < 4.78 is 0. The van der Waals surface area contributed by atoms with Gasteiger partial charge in [-0.3, -0.25) is 9.78 Å². The Morgan fingerprint density at radius 2 is 2.11 bits per heavy atom. The first-order chi connectivity index (χ1) is 8.79. The van der Waals surface area contributed by atoms with E-state index in [1.165, 1.54) is 6.07 Å². The van der Waals surface area contributed by atoms with Crippen LogP contribution in [0.1, 0.15) is 19.0 Å². The van der Waals surface area contributed by atoms with Crippen molar-refractivity contribution in [1.29, 1.82) is 0 Å². The average Bonchev–Trinajstić information content (AvgIpc) is 2.39. The molecule has 2 rings (SSSR count). The van der Waals surface area contributed by atoms with Crippen LogP contribution in [0.3, 0.4) is 0 Å². The fraction of sp³-hybridized carbons (Fsp3) is 0.308. The topological polar surface area (TPSA) is 70.7 Å². The van der Waals surface area contributed by atoms with Gasteiger partial charge in [0.25, 0.3) is 5.56 Å². The summed E-state index contributed by atoms with van der Waals surface area (Å²) in [6.07, 6.45) is 4.41. The van der Waals surface area contributed by atoms with Crippen LogP contribution in [0, 0.1) is 0 Å². The summed E-state index contributed by atoms with van der Waals surface area (Å²) in [6.45, 7) is 3.62. The summed E-state index contributed by atoms with van der Waals surface area (Å²) in [5.41, 5.74) is 1.48. The third-order valence-electron chi connectivity index (χ3n) is 2.48. The summed E-state index contributed by atoms with van der Waals surface area (Å²) in [5.74, 6) is 0.582. The van der Waals surface area contributed by atoms with Gasteiger partial charge in [0.15, 0.2) is 0 Å². The number of hydrogen-bond donors (Lipinski definition) is 2. The number of rotatable bonds is 5. The van der Waals surface area contributed by atoms with E-state index in [2.05, 4.69) is 27.2 Å². The van der Waals surface area contributed by atoms with Crippen LogP contribution < -0.4 is 10.9 Å². The summed E-state index contributed by atoms with van der Waals surface area (Å²) >= 11 is 0. The first-order valence-electron chi connectivity index (χ1n) is 6.01. The van der Waals surface area contributed by atoms with Crippen molar-refractivity contribution in [2.45, 2.75) is 19.9 Å². The SMILES string of the molecule is CCCNCc1cc(=O)[nH]c(-c2ccncc2)n1. The number of aromatic amines is 1. The van der Waals surface area contributed by atoms with Gasteiger partial charge in [0, 0.05) is 30.6 Å². The van der Waals surface area contributed by atoms with Crippen LogP contribution in [0.2, 0.25) is 0 Å². The lowest BCUT2D eigenvalue weighted by molar-refractivity contribution is 0.662. The molecule has 0 radical (unpaired) electrons. The molecule has 94 valence electrons. The molecule has 5 nitrogen and oxygen atoms in total. The normalized spacial score (nSPS) is 10.5. The van der Waals surface area contributed by atoms with Gasteiger partial charge in [-0.05, 0) is 25.1 Å². The molecule has 0 amide bonds. The van der Waals surface area contributed by atoms with Gasteiger partial charge in [-0.25, -0.2) is 4.98 Å². The molecule has 2 heterocycles. The molecule has 18 heavy (non-hydrogen) atoms. The van der Waals surface area contributed by atoms with E-state index in [4.69, 9.17) is 0 Å². The summed E-state index contributed by atoms with van der Waals surface area (Å²) in [6, 6.07) is 5.16. The number of H-pyrrole nitrogens is 1. The van der Waals surface area contributed by atoms with Crippen LogP contribution >= 0.6 is 0 Å². The molecule has 0 unspecified atom stereocenters. The van der Waals surface area contributed by atoms with Gasteiger partial charge >= 0.3 is 0 Å². The largest absolute Gasteiger partial charge is 0.311 e. The van der Waals surface area contributed by atoms with Crippen LogP contribution in [0.4, 0.5) is 0 Å². The molecule has 0 aliphatic rings. The molecule has 0 aromatic carbocycles. The molecule has 0 saturated carbocycles. The lowest BCUT2D eigenvalue weighted by Crippen LogP contribution is -2.18.